The summed E-state index contributed by atoms with van der Waals surface area (Å²) in [7, 11) is -4.21. The number of aromatic nitrogens is 4. The second-order valence-corrected chi connectivity index (χ2v) is 14.8. The lowest BCUT2D eigenvalue weighted by atomic mass is 9.80. The van der Waals surface area contributed by atoms with Crippen LogP contribution in [0.2, 0.25) is 5.15 Å². The molecule has 260 valence electrons. The van der Waals surface area contributed by atoms with Gasteiger partial charge < -0.3 is 10.1 Å². The van der Waals surface area contributed by atoms with Gasteiger partial charge in [0.15, 0.2) is 5.75 Å². The summed E-state index contributed by atoms with van der Waals surface area (Å²) in [6.45, 7) is 12.1. The zero-order valence-corrected chi connectivity index (χ0v) is 29.9. The van der Waals surface area contributed by atoms with Crippen LogP contribution in [0.5, 0.6) is 5.75 Å². The molecule has 4 aromatic rings. The molecule has 14 heteroatoms. The van der Waals surface area contributed by atoms with Crippen molar-refractivity contribution >= 4 is 33.5 Å². The lowest BCUT2D eigenvalue weighted by Crippen LogP contribution is -2.48. The van der Waals surface area contributed by atoms with Crippen LogP contribution in [0, 0.1) is 25.7 Å². The lowest BCUT2D eigenvalue weighted by Gasteiger charge is -2.38. The third kappa shape index (κ3) is 9.09. The minimum Gasteiger partial charge on any atom is -0.488 e. The summed E-state index contributed by atoms with van der Waals surface area (Å²) in [6, 6.07) is 12.5. The molecule has 49 heavy (non-hydrogen) atoms. The van der Waals surface area contributed by atoms with Crippen molar-refractivity contribution in [3.63, 3.8) is 0 Å². The monoisotopic (exact) mass is 708 g/mol. The molecule has 1 aliphatic heterocycles. The van der Waals surface area contributed by atoms with Gasteiger partial charge in [-0.25, -0.2) is 37.9 Å². The predicted octanol–water partition coefficient (Wildman–Crippen LogP) is 6.65. The minimum atomic E-state index is -4.21. The zero-order chi connectivity index (χ0) is 35.3. The number of sulfonamides is 1. The summed E-state index contributed by atoms with van der Waals surface area (Å²) in [4.78, 5) is 40.9. The third-order valence-corrected chi connectivity index (χ3v) is 9.85. The van der Waals surface area contributed by atoms with E-state index < -0.39 is 16.0 Å². The van der Waals surface area contributed by atoms with Crippen molar-refractivity contribution in [2.45, 2.75) is 77.5 Å². The maximum absolute atomic E-state index is 13.4. The molecule has 3 atom stereocenters. The van der Waals surface area contributed by atoms with Gasteiger partial charge in [0.05, 0.1) is 40.7 Å². The molecule has 2 N–H and O–H groups in total. The van der Waals surface area contributed by atoms with E-state index in [-0.39, 0.29) is 52.3 Å². The highest BCUT2D eigenvalue weighted by atomic mass is 35.5. The fraction of sp³-hybridized carbons (Fsp3) is 0.400. The van der Waals surface area contributed by atoms with Gasteiger partial charge in [0.25, 0.3) is 10.0 Å². The number of anilines is 1. The van der Waals surface area contributed by atoms with Gasteiger partial charge in [-0.15, -0.1) is 0 Å². The van der Waals surface area contributed by atoms with Crippen LogP contribution in [-0.2, 0) is 19.8 Å². The first kappa shape index (κ1) is 36.1. The number of piperidine rings is 1. The van der Waals surface area contributed by atoms with E-state index >= 15 is 0 Å². The maximum Gasteiger partial charge on any atom is 0.373 e. The zero-order valence-electron chi connectivity index (χ0n) is 28.3. The van der Waals surface area contributed by atoms with E-state index in [1.807, 2.05) is 45.9 Å². The predicted molar refractivity (Wildman–Crippen MR) is 186 cm³/mol. The molecule has 12 nitrogen and oxygen atoms in total. The topological polar surface area (TPSA) is 155 Å². The molecular formula is C35H41ClN6O6S. The minimum absolute atomic E-state index is 0.0156. The van der Waals surface area contributed by atoms with Crippen molar-refractivity contribution in [1.29, 1.82) is 0 Å². The van der Waals surface area contributed by atoms with Crippen molar-refractivity contribution in [3.8, 4) is 17.0 Å². The number of nitrogens with one attached hydrogen (secondary N) is 2. The van der Waals surface area contributed by atoms with Gasteiger partial charge in [0.1, 0.15) is 17.6 Å². The van der Waals surface area contributed by atoms with Crippen LogP contribution in [-0.4, -0.2) is 53.1 Å². The number of benzene rings is 2. The van der Waals surface area contributed by atoms with Gasteiger partial charge in [-0.2, -0.15) is 4.89 Å². The summed E-state index contributed by atoms with van der Waals surface area (Å²) >= 11 is 6.26. The second-order valence-electron chi connectivity index (χ2n) is 12.7. The lowest BCUT2D eigenvalue weighted by molar-refractivity contribution is -0.249. The third-order valence-electron chi connectivity index (χ3n) is 8.33. The molecule has 0 spiro atoms. The summed E-state index contributed by atoms with van der Waals surface area (Å²) in [5, 5.41) is 3.63. The average Bonchev–Trinajstić information content (AvgIpc) is 3.04. The van der Waals surface area contributed by atoms with Crippen LogP contribution in [0.15, 0.2) is 65.8 Å². The Bertz CT molecular complexity index is 1870. The van der Waals surface area contributed by atoms with E-state index in [1.54, 1.807) is 18.5 Å². The standard InChI is InChI=1S/C35H41ClN6O6S/c1-20(2)27-13-14-28(33-37-17-25(18-38-33)47-21(3)4)39-30(27)19-46-48-34(43)24-11-8-12-26(15-24)49(44,45)42-35-40-29(16-31(36)41-35)32-22(5)9-7-10-23(32)6/h7-12,15-18,20-21,27-28,30,39H,13-14,19H2,1-6H3,(H,40,41,42). The van der Waals surface area contributed by atoms with Crippen LogP contribution in [0.1, 0.15) is 73.9 Å². The molecule has 1 aliphatic rings. The van der Waals surface area contributed by atoms with Crippen LogP contribution < -0.4 is 14.8 Å². The van der Waals surface area contributed by atoms with Crippen LogP contribution in [0.3, 0.4) is 0 Å². The molecule has 1 saturated heterocycles. The molecule has 0 bridgehead atoms. The molecule has 0 radical (unpaired) electrons. The number of ether oxygens (including phenoxy) is 1. The molecule has 5 rings (SSSR count). The van der Waals surface area contributed by atoms with Gasteiger partial charge >= 0.3 is 5.97 Å². The van der Waals surface area contributed by atoms with E-state index in [0.29, 0.717) is 23.2 Å². The van der Waals surface area contributed by atoms with Crippen LogP contribution in [0.4, 0.5) is 5.95 Å². The van der Waals surface area contributed by atoms with Gasteiger partial charge in [0, 0.05) is 17.7 Å². The fourth-order valence-corrected chi connectivity index (χ4v) is 7.20. The highest BCUT2D eigenvalue weighted by molar-refractivity contribution is 7.92. The maximum atomic E-state index is 13.4. The first-order valence-corrected chi connectivity index (χ1v) is 18.0. The van der Waals surface area contributed by atoms with Crippen molar-refractivity contribution in [1.82, 2.24) is 25.3 Å². The van der Waals surface area contributed by atoms with Crippen molar-refractivity contribution in [2.24, 2.45) is 11.8 Å². The number of nitrogens with zero attached hydrogens (tertiary/aromatic N) is 4. The molecule has 3 unspecified atom stereocenters. The van der Waals surface area contributed by atoms with E-state index in [0.717, 1.165) is 29.5 Å². The van der Waals surface area contributed by atoms with Gasteiger partial charge in [-0.3, -0.25) is 4.89 Å². The second kappa shape index (κ2) is 15.6. The van der Waals surface area contributed by atoms with E-state index in [1.165, 1.54) is 24.3 Å². The Balaban J connectivity index is 1.23. The number of hydrogen-bond donors (Lipinski definition) is 2. The Labute approximate surface area is 292 Å². The Kier molecular flexibility index (Phi) is 11.5. The molecule has 2 aromatic heterocycles. The molecule has 3 heterocycles. The summed E-state index contributed by atoms with van der Waals surface area (Å²) in [6.07, 6.45) is 5.10. The van der Waals surface area contributed by atoms with Crippen LogP contribution in [0.25, 0.3) is 11.3 Å². The number of aryl methyl sites for hydroxylation is 2. The molecule has 0 saturated carbocycles. The Morgan fingerprint density at radius 3 is 2.37 bits per heavy atom. The number of carbonyl (C=O) groups excluding carboxylic acids is 1. The van der Waals surface area contributed by atoms with Gasteiger partial charge in [-0.05, 0) is 81.7 Å². The van der Waals surface area contributed by atoms with E-state index in [4.69, 9.17) is 26.1 Å². The first-order valence-electron chi connectivity index (χ1n) is 16.1. The first-order chi connectivity index (χ1) is 23.3. The Hall–Kier alpha value is -4.17. The number of rotatable bonds is 12. The SMILES string of the molecule is Cc1cccc(C)c1-c1cc(Cl)nc(NS(=O)(=O)c2cccc(C(=O)OOCC3NC(c4ncc(OC(C)C)cn4)CCC3C(C)C)c2)n1. The molecule has 0 aliphatic carbocycles. The average molecular weight is 709 g/mol. The van der Waals surface area contributed by atoms with Crippen molar-refractivity contribution in [3.05, 3.63) is 88.6 Å². The van der Waals surface area contributed by atoms with Gasteiger partial charge in [0.2, 0.25) is 5.95 Å². The molecule has 0 amide bonds. The largest absolute Gasteiger partial charge is 0.488 e. The summed E-state index contributed by atoms with van der Waals surface area (Å²) < 4.78 is 34.8. The fourth-order valence-electron chi connectivity index (χ4n) is 6.03. The molecule has 2 aromatic carbocycles. The smallest absolute Gasteiger partial charge is 0.373 e. The van der Waals surface area contributed by atoms with E-state index in [9.17, 15) is 13.2 Å². The summed E-state index contributed by atoms with van der Waals surface area (Å²) in [5.41, 5.74) is 3.19. The molecule has 1 fully saturated rings. The van der Waals surface area contributed by atoms with E-state index in [2.05, 4.69) is 43.8 Å². The van der Waals surface area contributed by atoms with Gasteiger partial charge in [-0.1, -0.05) is 49.7 Å². The number of halogens is 1. The molecular weight excluding hydrogens is 668 g/mol. The highest BCUT2D eigenvalue weighted by Gasteiger charge is 2.34. The number of carbonyl (C=O) groups is 1. The Morgan fingerprint density at radius 2 is 1.69 bits per heavy atom. The van der Waals surface area contributed by atoms with Crippen LogP contribution >= 0.6 is 11.6 Å². The number of hydrogen-bond acceptors (Lipinski definition) is 11. The quantitative estimate of drug-likeness (QED) is 0.0924. The Morgan fingerprint density at radius 1 is 1.00 bits per heavy atom. The summed E-state index contributed by atoms with van der Waals surface area (Å²) in [5.74, 6) is 0.804. The highest BCUT2D eigenvalue weighted by Crippen LogP contribution is 2.33. The van der Waals surface area contributed by atoms with Crippen molar-refractivity contribution in [2.75, 3.05) is 11.3 Å². The van der Waals surface area contributed by atoms with Crippen molar-refractivity contribution < 1.29 is 27.7 Å². The normalized spacial score (nSPS) is 18.0.